The number of hydrogen-bond acceptors (Lipinski definition) is 3. The second-order valence-electron chi connectivity index (χ2n) is 5.43. The summed E-state index contributed by atoms with van der Waals surface area (Å²) in [5, 5.41) is 4.12. The van der Waals surface area contributed by atoms with Crippen molar-refractivity contribution in [1.82, 2.24) is 14.7 Å². The third-order valence-electron chi connectivity index (χ3n) is 4.06. The van der Waals surface area contributed by atoms with E-state index in [0.29, 0.717) is 25.3 Å². The van der Waals surface area contributed by atoms with Gasteiger partial charge in [0.25, 0.3) is 5.91 Å². The van der Waals surface area contributed by atoms with Crippen LogP contribution in [0, 0.1) is 12.7 Å². The lowest BCUT2D eigenvalue weighted by atomic mass is 10.1. The van der Waals surface area contributed by atoms with Gasteiger partial charge in [-0.25, -0.2) is 4.39 Å². The molecule has 0 aliphatic carbocycles. The monoisotopic (exact) mass is 303 g/mol. The summed E-state index contributed by atoms with van der Waals surface area (Å²) < 4.78 is 20.4. The summed E-state index contributed by atoms with van der Waals surface area (Å²) in [4.78, 5) is 14.4. The van der Waals surface area contributed by atoms with Crippen molar-refractivity contribution in [1.29, 1.82) is 0 Å². The molecule has 0 saturated carbocycles. The third kappa shape index (κ3) is 2.74. The first kappa shape index (κ1) is 14.7. The van der Waals surface area contributed by atoms with Gasteiger partial charge in [0.15, 0.2) is 0 Å². The average Bonchev–Trinajstić information content (AvgIpc) is 2.87. The molecule has 2 aromatic rings. The third-order valence-corrected chi connectivity index (χ3v) is 4.06. The molecule has 0 spiro atoms. The molecule has 1 aromatic heterocycles. The number of morpholine rings is 1. The summed E-state index contributed by atoms with van der Waals surface area (Å²) in [5.74, 6) is -0.320. The molecule has 1 aliphatic rings. The SMILES string of the molecule is Cc1c(C(=O)N2CCO[C@@H](c3ccc(F)cc3)C2)cnn1C. The molecule has 1 saturated heterocycles. The molecule has 5 nitrogen and oxygen atoms in total. The summed E-state index contributed by atoms with van der Waals surface area (Å²) in [6, 6.07) is 6.21. The van der Waals surface area contributed by atoms with Gasteiger partial charge in [-0.1, -0.05) is 12.1 Å². The van der Waals surface area contributed by atoms with Gasteiger partial charge in [-0.3, -0.25) is 9.48 Å². The van der Waals surface area contributed by atoms with E-state index in [0.717, 1.165) is 11.3 Å². The molecule has 1 atom stereocenters. The largest absolute Gasteiger partial charge is 0.370 e. The summed E-state index contributed by atoms with van der Waals surface area (Å²) in [7, 11) is 1.81. The van der Waals surface area contributed by atoms with Crippen LogP contribution in [0.5, 0.6) is 0 Å². The molecule has 1 aliphatic heterocycles. The van der Waals surface area contributed by atoms with Gasteiger partial charge < -0.3 is 9.64 Å². The fourth-order valence-electron chi connectivity index (χ4n) is 2.59. The van der Waals surface area contributed by atoms with E-state index in [4.69, 9.17) is 4.74 Å². The van der Waals surface area contributed by atoms with Crippen molar-refractivity contribution in [3.63, 3.8) is 0 Å². The Morgan fingerprint density at radius 3 is 2.73 bits per heavy atom. The number of aryl methyl sites for hydroxylation is 1. The van der Waals surface area contributed by atoms with Crippen molar-refractivity contribution >= 4 is 5.91 Å². The van der Waals surface area contributed by atoms with Crippen molar-refractivity contribution < 1.29 is 13.9 Å². The number of benzene rings is 1. The highest BCUT2D eigenvalue weighted by Gasteiger charge is 2.27. The highest BCUT2D eigenvalue weighted by molar-refractivity contribution is 5.95. The summed E-state index contributed by atoms with van der Waals surface area (Å²) in [5.41, 5.74) is 2.33. The Balaban J connectivity index is 1.76. The van der Waals surface area contributed by atoms with Gasteiger partial charge in [-0.2, -0.15) is 5.10 Å². The van der Waals surface area contributed by atoms with Crippen LogP contribution in [0.1, 0.15) is 27.7 Å². The maximum absolute atomic E-state index is 13.0. The van der Waals surface area contributed by atoms with Gasteiger partial charge in [0.05, 0.1) is 24.9 Å². The van der Waals surface area contributed by atoms with Crippen LogP contribution in [-0.2, 0) is 11.8 Å². The Kier molecular flexibility index (Phi) is 3.94. The molecular formula is C16H18FN3O2. The summed E-state index contributed by atoms with van der Waals surface area (Å²) in [6.07, 6.45) is 1.37. The zero-order valence-electron chi connectivity index (χ0n) is 12.6. The number of carbonyl (C=O) groups excluding carboxylic acids is 1. The zero-order valence-corrected chi connectivity index (χ0v) is 12.6. The molecule has 0 radical (unpaired) electrons. The first-order valence-electron chi connectivity index (χ1n) is 7.21. The van der Waals surface area contributed by atoms with Crippen LogP contribution < -0.4 is 0 Å². The number of nitrogens with zero attached hydrogens (tertiary/aromatic N) is 3. The standard InChI is InChI=1S/C16H18FN3O2/c1-11-14(9-18-19(11)2)16(21)20-7-8-22-15(10-20)12-3-5-13(17)6-4-12/h3-6,9,15H,7-8,10H2,1-2H3/t15-/m1/s1. The van der Waals surface area contributed by atoms with Crippen LogP contribution in [-0.4, -0.2) is 40.3 Å². The molecule has 0 N–H and O–H groups in total. The Morgan fingerprint density at radius 1 is 1.36 bits per heavy atom. The number of halogens is 1. The molecule has 22 heavy (non-hydrogen) atoms. The number of aromatic nitrogens is 2. The Labute approximate surface area is 128 Å². The van der Waals surface area contributed by atoms with Crippen molar-refractivity contribution in [2.24, 2.45) is 7.05 Å². The van der Waals surface area contributed by atoms with Crippen LogP contribution in [0.4, 0.5) is 4.39 Å². The van der Waals surface area contributed by atoms with Gasteiger partial charge in [0.2, 0.25) is 0 Å². The van der Waals surface area contributed by atoms with Crippen LogP contribution in [0.3, 0.4) is 0 Å². The zero-order chi connectivity index (χ0) is 15.7. The fraction of sp³-hybridized carbons (Fsp3) is 0.375. The van der Waals surface area contributed by atoms with Crippen LogP contribution >= 0.6 is 0 Å². The normalized spacial score (nSPS) is 18.5. The van der Waals surface area contributed by atoms with E-state index in [1.807, 2.05) is 14.0 Å². The van der Waals surface area contributed by atoms with Gasteiger partial charge in [0, 0.05) is 19.3 Å². The lowest BCUT2D eigenvalue weighted by molar-refractivity contribution is -0.0228. The van der Waals surface area contributed by atoms with E-state index in [1.165, 1.54) is 12.1 Å². The molecule has 0 unspecified atom stereocenters. The Bertz CT molecular complexity index is 681. The molecule has 6 heteroatoms. The van der Waals surface area contributed by atoms with E-state index >= 15 is 0 Å². The second-order valence-corrected chi connectivity index (χ2v) is 5.43. The molecule has 3 rings (SSSR count). The summed E-state index contributed by atoms with van der Waals surface area (Å²) >= 11 is 0. The molecule has 1 aromatic carbocycles. The molecule has 116 valence electrons. The van der Waals surface area contributed by atoms with E-state index < -0.39 is 0 Å². The Hall–Kier alpha value is -2.21. The van der Waals surface area contributed by atoms with Crippen LogP contribution in [0.25, 0.3) is 0 Å². The minimum Gasteiger partial charge on any atom is -0.370 e. The average molecular weight is 303 g/mol. The molecular weight excluding hydrogens is 285 g/mol. The van der Waals surface area contributed by atoms with E-state index in [1.54, 1.807) is 27.9 Å². The lowest BCUT2D eigenvalue weighted by Crippen LogP contribution is -2.42. The maximum Gasteiger partial charge on any atom is 0.257 e. The van der Waals surface area contributed by atoms with Crippen molar-refractivity contribution in [2.75, 3.05) is 19.7 Å². The van der Waals surface area contributed by atoms with Crippen molar-refractivity contribution in [3.05, 3.63) is 53.1 Å². The van der Waals surface area contributed by atoms with Crippen molar-refractivity contribution in [2.45, 2.75) is 13.0 Å². The van der Waals surface area contributed by atoms with E-state index in [9.17, 15) is 9.18 Å². The highest BCUT2D eigenvalue weighted by atomic mass is 19.1. The Morgan fingerprint density at radius 2 is 2.09 bits per heavy atom. The van der Waals surface area contributed by atoms with Gasteiger partial charge in [-0.05, 0) is 24.6 Å². The minimum absolute atomic E-state index is 0.0407. The number of hydrogen-bond donors (Lipinski definition) is 0. The van der Waals surface area contributed by atoms with E-state index in [-0.39, 0.29) is 17.8 Å². The molecule has 0 bridgehead atoms. The highest BCUT2D eigenvalue weighted by Crippen LogP contribution is 2.24. The number of rotatable bonds is 2. The second kappa shape index (κ2) is 5.88. The van der Waals surface area contributed by atoms with Crippen LogP contribution in [0.15, 0.2) is 30.5 Å². The van der Waals surface area contributed by atoms with Gasteiger partial charge in [0.1, 0.15) is 11.9 Å². The van der Waals surface area contributed by atoms with Crippen molar-refractivity contribution in [3.8, 4) is 0 Å². The van der Waals surface area contributed by atoms with E-state index in [2.05, 4.69) is 5.10 Å². The van der Waals surface area contributed by atoms with Crippen LogP contribution in [0.2, 0.25) is 0 Å². The first-order chi connectivity index (χ1) is 10.6. The maximum atomic E-state index is 13.0. The predicted octanol–water partition coefficient (Wildman–Crippen LogP) is 2.08. The fourth-order valence-corrected chi connectivity index (χ4v) is 2.59. The predicted molar refractivity (Wildman–Crippen MR) is 78.9 cm³/mol. The van der Waals surface area contributed by atoms with Gasteiger partial charge in [-0.15, -0.1) is 0 Å². The van der Waals surface area contributed by atoms with Gasteiger partial charge >= 0.3 is 0 Å². The topological polar surface area (TPSA) is 47.4 Å². The first-order valence-corrected chi connectivity index (χ1v) is 7.21. The lowest BCUT2D eigenvalue weighted by Gasteiger charge is -2.33. The summed E-state index contributed by atoms with van der Waals surface area (Å²) in [6.45, 7) is 3.34. The minimum atomic E-state index is -0.279. The number of amides is 1. The molecule has 1 fully saturated rings. The number of ether oxygens (including phenoxy) is 1. The quantitative estimate of drug-likeness (QED) is 0.853. The smallest absolute Gasteiger partial charge is 0.257 e. The molecule has 2 heterocycles. The molecule has 1 amide bonds. The number of carbonyl (C=O) groups is 1.